The lowest BCUT2D eigenvalue weighted by Crippen LogP contribution is -2.49. The van der Waals surface area contributed by atoms with Gasteiger partial charge in [-0.3, -0.25) is 9.69 Å². The Balaban J connectivity index is 1.69. The van der Waals surface area contributed by atoms with Crippen molar-refractivity contribution in [1.29, 1.82) is 0 Å². The molecule has 1 amide bonds. The van der Waals surface area contributed by atoms with Gasteiger partial charge in [-0.25, -0.2) is 0 Å². The van der Waals surface area contributed by atoms with Gasteiger partial charge in [0.2, 0.25) is 0 Å². The summed E-state index contributed by atoms with van der Waals surface area (Å²) in [7, 11) is 0. The number of β-amino-alcohol motifs (C(OH)–C–C–N with tert-alkyl or cyclic N) is 1. The molecular weight excluding hydrogens is 304 g/mol. The Hall–Kier alpha value is -1.63. The maximum atomic E-state index is 12.9. The number of aliphatic hydroxyl groups is 1. The summed E-state index contributed by atoms with van der Waals surface area (Å²) in [5.41, 5.74) is 3.08. The molecule has 132 valence electrons. The van der Waals surface area contributed by atoms with E-state index in [4.69, 9.17) is 5.11 Å². The Morgan fingerprint density at radius 2 is 1.79 bits per heavy atom. The van der Waals surface area contributed by atoms with Gasteiger partial charge in [0, 0.05) is 70.2 Å². The molecule has 3 rings (SSSR count). The highest BCUT2D eigenvalue weighted by Crippen LogP contribution is 2.21. The minimum Gasteiger partial charge on any atom is -0.395 e. The predicted octanol–water partition coefficient (Wildman–Crippen LogP) is 0.155. The lowest BCUT2D eigenvalue weighted by Gasteiger charge is -2.35. The molecular formula is C18H28N4O2. The van der Waals surface area contributed by atoms with Gasteiger partial charge in [0.05, 0.1) is 6.61 Å². The van der Waals surface area contributed by atoms with Gasteiger partial charge >= 0.3 is 0 Å². The maximum absolute atomic E-state index is 12.9. The molecule has 2 N–H and O–H groups in total. The minimum absolute atomic E-state index is 0.124. The van der Waals surface area contributed by atoms with Gasteiger partial charge in [-0.2, -0.15) is 0 Å². The molecule has 6 nitrogen and oxygen atoms in total. The SMILES string of the molecule is Cc1cc(C(=O)N2CCN(CCO)CC2)cc(N2CCNCC2)c1. The van der Waals surface area contributed by atoms with E-state index in [1.54, 1.807) is 0 Å². The molecule has 2 fully saturated rings. The number of carbonyl (C=O) groups excluding carboxylic acids is 1. The molecule has 0 bridgehead atoms. The number of aryl methyl sites for hydroxylation is 1. The van der Waals surface area contributed by atoms with Gasteiger partial charge < -0.3 is 20.2 Å². The summed E-state index contributed by atoms with van der Waals surface area (Å²) in [4.78, 5) is 19.4. The second-order valence-corrected chi connectivity index (χ2v) is 6.65. The van der Waals surface area contributed by atoms with Crippen LogP contribution >= 0.6 is 0 Å². The molecule has 0 aromatic heterocycles. The van der Waals surface area contributed by atoms with E-state index >= 15 is 0 Å². The molecule has 2 aliphatic rings. The largest absolute Gasteiger partial charge is 0.395 e. The first-order valence-corrected chi connectivity index (χ1v) is 8.87. The van der Waals surface area contributed by atoms with Crippen LogP contribution in [0.5, 0.6) is 0 Å². The van der Waals surface area contributed by atoms with Crippen LogP contribution in [0.4, 0.5) is 5.69 Å². The number of aliphatic hydroxyl groups excluding tert-OH is 1. The molecule has 0 spiro atoms. The number of rotatable bonds is 4. The Labute approximate surface area is 144 Å². The quantitative estimate of drug-likeness (QED) is 0.822. The standard InChI is InChI=1S/C18H28N4O2/c1-15-12-16(14-17(13-15)21-4-2-19-3-5-21)18(24)22-8-6-20(7-9-22)10-11-23/h12-14,19,23H,2-11H2,1H3. The third-order valence-electron chi connectivity index (χ3n) is 4.87. The fourth-order valence-corrected chi connectivity index (χ4v) is 3.49. The van der Waals surface area contributed by atoms with Crippen LogP contribution in [0.2, 0.25) is 0 Å². The normalized spacial score (nSPS) is 19.6. The molecule has 0 unspecified atom stereocenters. The lowest BCUT2D eigenvalue weighted by atomic mass is 10.1. The molecule has 0 atom stereocenters. The number of nitrogens with one attached hydrogen (secondary N) is 1. The van der Waals surface area contributed by atoms with Crippen molar-refractivity contribution in [3.8, 4) is 0 Å². The Morgan fingerprint density at radius 1 is 1.08 bits per heavy atom. The van der Waals surface area contributed by atoms with Crippen molar-refractivity contribution in [2.45, 2.75) is 6.92 Å². The molecule has 6 heteroatoms. The first-order chi connectivity index (χ1) is 11.7. The first-order valence-electron chi connectivity index (χ1n) is 8.87. The number of nitrogens with zero attached hydrogens (tertiary/aromatic N) is 3. The number of hydrogen-bond acceptors (Lipinski definition) is 5. The van der Waals surface area contributed by atoms with Crippen LogP contribution in [0.1, 0.15) is 15.9 Å². The summed E-state index contributed by atoms with van der Waals surface area (Å²) >= 11 is 0. The predicted molar refractivity (Wildman–Crippen MR) is 95.7 cm³/mol. The van der Waals surface area contributed by atoms with E-state index in [1.165, 1.54) is 0 Å². The van der Waals surface area contributed by atoms with Gasteiger partial charge in [0.1, 0.15) is 0 Å². The fourth-order valence-electron chi connectivity index (χ4n) is 3.49. The van der Waals surface area contributed by atoms with Crippen LogP contribution in [0, 0.1) is 6.92 Å². The van der Waals surface area contributed by atoms with Crippen molar-refractivity contribution in [2.75, 3.05) is 70.4 Å². The van der Waals surface area contributed by atoms with E-state index in [2.05, 4.69) is 28.1 Å². The number of carbonyl (C=O) groups is 1. The first kappa shape index (κ1) is 17.2. The summed E-state index contributed by atoms with van der Waals surface area (Å²) in [5.74, 6) is 0.124. The summed E-state index contributed by atoms with van der Waals surface area (Å²) in [5, 5.41) is 12.4. The zero-order valence-corrected chi connectivity index (χ0v) is 14.5. The highest BCUT2D eigenvalue weighted by Gasteiger charge is 2.23. The van der Waals surface area contributed by atoms with E-state index in [0.717, 1.165) is 69.2 Å². The van der Waals surface area contributed by atoms with Crippen molar-refractivity contribution >= 4 is 11.6 Å². The van der Waals surface area contributed by atoms with Crippen LogP contribution in [-0.2, 0) is 0 Å². The molecule has 1 aromatic rings. The highest BCUT2D eigenvalue weighted by atomic mass is 16.3. The fraction of sp³-hybridized carbons (Fsp3) is 0.611. The van der Waals surface area contributed by atoms with Crippen LogP contribution in [-0.4, -0.2) is 86.3 Å². The van der Waals surface area contributed by atoms with Gasteiger partial charge in [-0.1, -0.05) is 0 Å². The van der Waals surface area contributed by atoms with Crippen LogP contribution < -0.4 is 10.2 Å². The molecule has 2 heterocycles. The van der Waals surface area contributed by atoms with E-state index in [1.807, 2.05) is 17.0 Å². The summed E-state index contributed by atoms with van der Waals surface area (Å²) < 4.78 is 0. The lowest BCUT2D eigenvalue weighted by molar-refractivity contribution is 0.0615. The van der Waals surface area contributed by atoms with Crippen LogP contribution in [0.25, 0.3) is 0 Å². The molecule has 0 saturated carbocycles. The molecule has 2 saturated heterocycles. The summed E-state index contributed by atoms with van der Waals surface area (Å²) in [6.07, 6.45) is 0. The van der Waals surface area contributed by atoms with E-state index in [-0.39, 0.29) is 12.5 Å². The van der Waals surface area contributed by atoms with Gasteiger partial charge in [0.25, 0.3) is 5.91 Å². The average Bonchev–Trinajstić information content (AvgIpc) is 2.62. The van der Waals surface area contributed by atoms with Crippen LogP contribution in [0.15, 0.2) is 18.2 Å². The monoisotopic (exact) mass is 332 g/mol. The maximum Gasteiger partial charge on any atom is 0.254 e. The average molecular weight is 332 g/mol. The molecule has 2 aliphatic heterocycles. The number of hydrogen-bond donors (Lipinski definition) is 2. The zero-order chi connectivity index (χ0) is 16.9. The third-order valence-corrected chi connectivity index (χ3v) is 4.87. The smallest absolute Gasteiger partial charge is 0.254 e. The number of piperazine rings is 2. The number of anilines is 1. The van der Waals surface area contributed by atoms with Gasteiger partial charge in [0.15, 0.2) is 0 Å². The van der Waals surface area contributed by atoms with Crippen LogP contribution in [0.3, 0.4) is 0 Å². The van der Waals surface area contributed by atoms with E-state index in [0.29, 0.717) is 6.54 Å². The Kier molecular flexibility index (Phi) is 5.71. The number of amides is 1. The zero-order valence-electron chi connectivity index (χ0n) is 14.5. The molecule has 0 aliphatic carbocycles. The number of benzene rings is 1. The van der Waals surface area contributed by atoms with Crippen molar-refractivity contribution in [2.24, 2.45) is 0 Å². The second kappa shape index (κ2) is 7.96. The third kappa shape index (κ3) is 4.06. The second-order valence-electron chi connectivity index (χ2n) is 6.65. The van der Waals surface area contributed by atoms with Gasteiger partial charge in [-0.15, -0.1) is 0 Å². The van der Waals surface area contributed by atoms with E-state index < -0.39 is 0 Å². The van der Waals surface area contributed by atoms with Gasteiger partial charge in [-0.05, 0) is 30.7 Å². The highest BCUT2D eigenvalue weighted by molar-refractivity contribution is 5.95. The van der Waals surface area contributed by atoms with Crippen molar-refractivity contribution in [3.63, 3.8) is 0 Å². The molecule has 0 radical (unpaired) electrons. The van der Waals surface area contributed by atoms with Crippen molar-refractivity contribution in [3.05, 3.63) is 29.3 Å². The minimum atomic E-state index is 0.124. The van der Waals surface area contributed by atoms with Crippen molar-refractivity contribution < 1.29 is 9.90 Å². The Bertz CT molecular complexity index is 564. The summed E-state index contributed by atoms with van der Waals surface area (Å²) in [6, 6.07) is 6.20. The molecule has 24 heavy (non-hydrogen) atoms. The van der Waals surface area contributed by atoms with Crippen molar-refractivity contribution in [1.82, 2.24) is 15.1 Å². The summed E-state index contributed by atoms with van der Waals surface area (Å²) in [6.45, 7) is 10.0. The van der Waals surface area contributed by atoms with E-state index in [9.17, 15) is 4.79 Å². The Morgan fingerprint density at radius 3 is 2.46 bits per heavy atom. The molecule has 1 aromatic carbocycles. The topological polar surface area (TPSA) is 59.1 Å².